The molecule has 3 aromatic carbocycles. The molecule has 34 heavy (non-hydrogen) atoms. The molecule has 0 bridgehead atoms. The van der Waals surface area contributed by atoms with Gasteiger partial charge in [-0.25, -0.2) is 36.9 Å². The third-order valence-corrected chi connectivity index (χ3v) is 4.98. The topological polar surface area (TPSA) is 56.3 Å². The lowest BCUT2D eigenvalue weighted by Crippen LogP contribution is -2.18. The summed E-state index contributed by atoms with van der Waals surface area (Å²) in [6.45, 7) is 15.3. The first kappa shape index (κ1) is 23.7. The zero-order chi connectivity index (χ0) is 25.2. The van der Waals surface area contributed by atoms with E-state index in [-0.39, 0.29) is 32.8 Å². The molecular formula is C25H9F5N4. The van der Waals surface area contributed by atoms with E-state index in [9.17, 15) is 32.5 Å². The van der Waals surface area contributed by atoms with Crippen molar-refractivity contribution in [3.8, 4) is 23.3 Å². The van der Waals surface area contributed by atoms with Gasteiger partial charge in [0.05, 0.1) is 30.4 Å². The Morgan fingerprint density at radius 3 is 2.00 bits per heavy atom. The van der Waals surface area contributed by atoms with Crippen molar-refractivity contribution in [1.29, 1.82) is 10.5 Å². The standard InChI is InChI=1S/C25H9F5N4/c1-12-5-4-6-15(20(12)26)16-9-13(18(11-32)33-2)7-8-14(16)17(10-31)19-21(27)23(29)25(34-3)24(30)22(19)28/h4-9H,1H3/b17-14+,18-13+. The highest BCUT2D eigenvalue weighted by Gasteiger charge is 2.28. The quantitative estimate of drug-likeness (QED) is 0.301. The Kier molecular flexibility index (Phi) is 6.44. The van der Waals surface area contributed by atoms with Crippen molar-refractivity contribution in [3.05, 3.63) is 110 Å². The van der Waals surface area contributed by atoms with Crippen molar-refractivity contribution in [3.63, 3.8) is 0 Å². The van der Waals surface area contributed by atoms with Gasteiger partial charge in [-0.05, 0) is 23.3 Å². The summed E-state index contributed by atoms with van der Waals surface area (Å²) in [6.07, 6.45) is 0. The van der Waals surface area contributed by atoms with E-state index in [1.54, 1.807) is 6.07 Å². The molecule has 0 spiro atoms. The van der Waals surface area contributed by atoms with Crippen LogP contribution in [-0.4, -0.2) is 0 Å². The molecule has 0 saturated carbocycles. The molecule has 3 aromatic rings. The molecule has 0 amide bonds. The number of nitrogens with zero attached hydrogens (tertiary/aromatic N) is 4. The Bertz CT molecular complexity index is 1620. The largest absolute Gasteiger partial charge is 0.268 e. The number of aryl methyl sites for hydroxylation is 1. The second-order valence-electron chi connectivity index (χ2n) is 6.85. The fraction of sp³-hybridized carbons (Fsp3) is 0.0400. The van der Waals surface area contributed by atoms with Crippen LogP contribution in [0.25, 0.3) is 32.1 Å². The zero-order valence-electron chi connectivity index (χ0n) is 17.1. The number of nitriles is 2. The first-order valence-corrected chi connectivity index (χ1v) is 9.27. The van der Waals surface area contributed by atoms with E-state index in [2.05, 4.69) is 9.69 Å². The van der Waals surface area contributed by atoms with E-state index in [0.29, 0.717) is 0 Å². The minimum atomic E-state index is -1.98. The highest BCUT2D eigenvalue weighted by molar-refractivity contribution is 5.83. The Labute approximate surface area is 190 Å². The van der Waals surface area contributed by atoms with Crippen LogP contribution in [0, 0.1) is 71.8 Å². The molecule has 3 rings (SSSR count). The summed E-state index contributed by atoms with van der Waals surface area (Å²) >= 11 is 0. The van der Waals surface area contributed by atoms with Gasteiger partial charge < -0.3 is 0 Å². The highest BCUT2D eigenvalue weighted by Crippen LogP contribution is 2.33. The fourth-order valence-electron chi connectivity index (χ4n) is 3.33. The lowest BCUT2D eigenvalue weighted by Gasteiger charge is -2.12. The van der Waals surface area contributed by atoms with Gasteiger partial charge in [-0.2, -0.15) is 5.26 Å². The molecule has 164 valence electrons. The molecule has 0 atom stereocenters. The van der Waals surface area contributed by atoms with Gasteiger partial charge >= 0.3 is 0 Å². The summed E-state index contributed by atoms with van der Waals surface area (Å²) in [5.74, 6) is -8.66. The van der Waals surface area contributed by atoms with Gasteiger partial charge in [0.1, 0.15) is 11.9 Å². The Morgan fingerprint density at radius 2 is 1.47 bits per heavy atom. The zero-order valence-corrected chi connectivity index (χ0v) is 17.1. The molecule has 0 N–H and O–H groups in total. The number of benzene rings is 3. The average molecular weight is 460 g/mol. The molecule has 0 heterocycles. The second-order valence-corrected chi connectivity index (χ2v) is 6.85. The summed E-state index contributed by atoms with van der Waals surface area (Å²) in [5.41, 5.74) is -4.27. The number of hydrogen-bond donors (Lipinski definition) is 0. The molecule has 0 saturated heterocycles. The van der Waals surface area contributed by atoms with E-state index in [1.807, 2.05) is 0 Å². The van der Waals surface area contributed by atoms with Crippen LogP contribution in [0.4, 0.5) is 27.6 Å². The lowest BCUT2D eigenvalue weighted by atomic mass is 9.94. The third-order valence-electron chi connectivity index (χ3n) is 4.98. The second kappa shape index (κ2) is 9.25. The van der Waals surface area contributed by atoms with Crippen molar-refractivity contribution in [2.75, 3.05) is 0 Å². The minimum absolute atomic E-state index is 0.0242. The van der Waals surface area contributed by atoms with Crippen LogP contribution in [0.5, 0.6) is 0 Å². The molecule has 9 heteroatoms. The smallest absolute Gasteiger partial charge is 0.232 e. The van der Waals surface area contributed by atoms with Gasteiger partial charge in [-0.1, -0.05) is 36.4 Å². The van der Waals surface area contributed by atoms with Gasteiger partial charge in [0.2, 0.25) is 0 Å². The van der Waals surface area contributed by atoms with E-state index >= 15 is 0 Å². The summed E-state index contributed by atoms with van der Waals surface area (Å²) in [6, 6.07) is 10.8. The average Bonchev–Trinajstić information content (AvgIpc) is 2.83. The first-order valence-electron chi connectivity index (χ1n) is 9.27. The molecule has 0 radical (unpaired) electrons. The molecule has 4 nitrogen and oxygen atoms in total. The summed E-state index contributed by atoms with van der Waals surface area (Å²) in [7, 11) is 0. The van der Waals surface area contributed by atoms with Gasteiger partial charge in [0.15, 0.2) is 23.3 Å². The van der Waals surface area contributed by atoms with Crippen molar-refractivity contribution in [1.82, 2.24) is 0 Å². The van der Waals surface area contributed by atoms with Crippen LogP contribution < -0.4 is 10.4 Å². The van der Waals surface area contributed by atoms with Crippen molar-refractivity contribution < 1.29 is 22.0 Å². The first-order chi connectivity index (χ1) is 16.2. The van der Waals surface area contributed by atoms with Crippen molar-refractivity contribution in [2.45, 2.75) is 6.92 Å². The van der Waals surface area contributed by atoms with Crippen molar-refractivity contribution >= 4 is 17.0 Å². The van der Waals surface area contributed by atoms with Gasteiger partial charge in [0, 0.05) is 10.8 Å². The third kappa shape index (κ3) is 3.73. The molecule has 0 unspecified atom stereocenters. The SMILES string of the molecule is [C-]#[N+]/C(C#N)=c1\cc/c(=C(/C#N)c2c(F)c(F)c([N+]#[C-])c(F)c2F)c(-c2cccc(C)c2F)c1. The molecule has 0 fully saturated rings. The van der Waals surface area contributed by atoms with Crippen LogP contribution in [0.2, 0.25) is 0 Å². The van der Waals surface area contributed by atoms with E-state index < -0.39 is 45.9 Å². The van der Waals surface area contributed by atoms with Crippen molar-refractivity contribution in [2.24, 2.45) is 0 Å². The maximum absolute atomic E-state index is 15.0. The number of halogens is 5. The van der Waals surface area contributed by atoms with Crippen LogP contribution in [0.1, 0.15) is 11.1 Å². The normalized spacial score (nSPS) is 12.1. The van der Waals surface area contributed by atoms with Crippen LogP contribution in [0.15, 0.2) is 36.4 Å². The molecular weight excluding hydrogens is 451 g/mol. The van der Waals surface area contributed by atoms with Crippen LogP contribution >= 0.6 is 0 Å². The van der Waals surface area contributed by atoms with E-state index in [1.165, 1.54) is 37.3 Å². The monoisotopic (exact) mass is 460 g/mol. The van der Waals surface area contributed by atoms with Gasteiger partial charge in [-0.15, -0.1) is 0 Å². The Morgan fingerprint density at radius 1 is 0.824 bits per heavy atom. The minimum Gasteiger partial charge on any atom is -0.232 e. The Hall–Kier alpha value is -4.99. The lowest BCUT2D eigenvalue weighted by molar-refractivity contribution is 0.457. The van der Waals surface area contributed by atoms with Gasteiger partial charge in [-0.3, -0.25) is 0 Å². The molecule has 0 aliphatic heterocycles. The van der Waals surface area contributed by atoms with Gasteiger partial charge in [0.25, 0.3) is 11.4 Å². The fourth-order valence-corrected chi connectivity index (χ4v) is 3.33. The van der Waals surface area contributed by atoms with Crippen LogP contribution in [-0.2, 0) is 0 Å². The summed E-state index contributed by atoms with van der Waals surface area (Å²) < 4.78 is 73.0. The summed E-state index contributed by atoms with van der Waals surface area (Å²) in [5, 5.41) is 18.6. The maximum atomic E-state index is 15.0. The molecule has 0 aliphatic carbocycles. The predicted molar refractivity (Wildman–Crippen MR) is 112 cm³/mol. The Balaban J connectivity index is 2.65. The molecule has 0 aliphatic rings. The van der Waals surface area contributed by atoms with Crippen LogP contribution in [0.3, 0.4) is 0 Å². The highest BCUT2D eigenvalue weighted by atomic mass is 19.2. The van der Waals surface area contributed by atoms with E-state index in [4.69, 9.17) is 13.1 Å². The number of hydrogen-bond acceptors (Lipinski definition) is 2. The van der Waals surface area contributed by atoms with E-state index in [0.717, 1.165) is 12.1 Å². The predicted octanol–water partition coefficient (Wildman–Crippen LogP) is 5.18. The maximum Gasteiger partial charge on any atom is 0.268 e. The summed E-state index contributed by atoms with van der Waals surface area (Å²) in [4.78, 5) is 5.51. The number of rotatable bonds is 2. The molecule has 0 aromatic heterocycles.